The minimum atomic E-state index is -0.666. The van der Waals surface area contributed by atoms with Crippen molar-refractivity contribution >= 4 is 17.6 Å². The number of hydrogen-bond acceptors (Lipinski definition) is 6. The maximum absolute atomic E-state index is 11.5. The number of primary amides is 1. The molecule has 20 heavy (non-hydrogen) atoms. The van der Waals surface area contributed by atoms with Crippen LogP contribution in [0.5, 0.6) is 0 Å². The molecule has 0 aromatic carbocycles. The molecule has 2 aromatic rings. The van der Waals surface area contributed by atoms with E-state index in [1.54, 1.807) is 14.0 Å². The van der Waals surface area contributed by atoms with E-state index >= 15 is 0 Å². The van der Waals surface area contributed by atoms with E-state index in [0.717, 1.165) is 0 Å². The first-order chi connectivity index (χ1) is 9.36. The van der Waals surface area contributed by atoms with E-state index in [9.17, 15) is 9.59 Å². The molecule has 9 nitrogen and oxygen atoms in total. The average molecular weight is 278 g/mol. The summed E-state index contributed by atoms with van der Waals surface area (Å²) in [5, 5.41) is 8.13. The molecule has 2 rings (SSSR count). The van der Waals surface area contributed by atoms with Crippen molar-refractivity contribution in [2.75, 3.05) is 12.8 Å². The van der Waals surface area contributed by atoms with E-state index < -0.39 is 11.9 Å². The fourth-order valence-electron chi connectivity index (χ4n) is 1.95. The lowest BCUT2D eigenvalue weighted by molar-refractivity contribution is 0.0594. The highest BCUT2D eigenvalue weighted by Crippen LogP contribution is 2.20. The van der Waals surface area contributed by atoms with Crippen LogP contribution in [0.15, 0.2) is 6.20 Å². The van der Waals surface area contributed by atoms with E-state index in [2.05, 4.69) is 14.9 Å². The molecule has 106 valence electrons. The highest BCUT2D eigenvalue weighted by molar-refractivity contribution is 5.97. The van der Waals surface area contributed by atoms with Crippen LogP contribution in [-0.4, -0.2) is 38.5 Å². The molecule has 0 saturated heterocycles. The number of carbonyl (C=O) groups excluding carboxylic acids is 2. The minimum Gasteiger partial charge on any atom is -0.464 e. The monoisotopic (exact) mass is 278 g/mol. The molecule has 0 aliphatic heterocycles. The van der Waals surface area contributed by atoms with E-state index in [1.807, 2.05) is 0 Å². The van der Waals surface area contributed by atoms with E-state index in [1.165, 1.54) is 22.7 Å². The molecule has 0 saturated carbocycles. The molecule has 1 amide bonds. The summed E-state index contributed by atoms with van der Waals surface area (Å²) in [7, 11) is 2.86. The van der Waals surface area contributed by atoms with Crippen LogP contribution in [0, 0.1) is 6.92 Å². The Kier molecular flexibility index (Phi) is 3.18. The van der Waals surface area contributed by atoms with Crippen LogP contribution in [0.3, 0.4) is 0 Å². The van der Waals surface area contributed by atoms with Crippen LogP contribution in [0.2, 0.25) is 0 Å². The zero-order chi connectivity index (χ0) is 15.0. The van der Waals surface area contributed by atoms with Gasteiger partial charge in [-0.25, -0.2) is 14.2 Å². The van der Waals surface area contributed by atoms with Gasteiger partial charge in [-0.3, -0.25) is 4.79 Å². The molecule has 0 bridgehead atoms. The molecule has 0 fully saturated rings. The summed E-state index contributed by atoms with van der Waals surface area (Å²) in [5.41, 5.74) is 11.8. The zero-order valence-electron chi connectivity index (χ0n) is 11.2. The topological polar surface area (TPSA) is 131 Å². The Bertz CT molecular complexity index is 699. The van der Waals surface area contributed by atoms with E-state index in [4.69, 9.17) is 11.5 Å². The lowest BCUT2D eigenvalue weighted by atomic mass is 10.2. The van der Waals surface area contributed by atoms with Gasteiger partial charge in [0.2, 0.25) is 0 Å². The third-order valence-corrected chi connectivity index (χ3v) is 2.78. The Morgan fingerprint density at radius 2 is 2.00 bits per heavy atom. The number of hydrogen-bond donors (Lipinski definition) is 2. The van der Waals surface area contributed by atoms with Gasteiger partial charge in [-0.1, -0.05) is 0 Å². The molecule has 0 spiro atoms. The number of carbonyl (C=O) groups is 2. The summed E-state index contributed by atoms with van der Waals surface area (Å²) in [6.07, 6.45) is 1.40. The number of aromatic nitrogens is 4. The van der Waals surface area contributed by atoms with Gasteiger partial charge in [0, 0.05) is 7.05 Å². The lowest BCUT2D eigenvalue weighted by Crippen LogP contribution is -2.16. The maximum Gasteiger partial charge on any atom is 0.360 e. The molecule has 2 aromatic heterocycles. The predicted octanol–water partition coefficient (Wildman–Crippen LogP) is -0.618. The molecule has 4 N–H and O–H groups in total. The average Bonchev–Trinajstić information content (AvgIpc) is 2.88. The van der Waals surface area contributed by atoms with Crippen LogP contribution in [-0.2, 0) is 11.8 Å². The fourth-order valence-corrected chi connectivity index (χ4v) is 1.95. The van der Waals surface area contributed by atoms with Gasteiger partial charge in [0.25, 0.3) is 5.91 Å². The van der Waals surface area contributed by atoms with Crippen LogP contribution >= 0.6 is 0 Å². The number of aryl methyl sites for hydroxylation is 2. The highest BCUT2D eigenvalue weighted by atomic mass is 16.5. The van der Waals surface area contributed by atoms with Gasteiger partial charge < -0.3 is 16.2 Å². The third kappa shape index (κ3) is 1.98. The summed E-state index contributed by atoms with van der Waals surface area (Å²) in [6, 6.07) is 0. The number of amides is 1. The van der Waals surface area contributed by atoms with Crippen molar-refractivity contribution in [3.63, 3.8) is 0 Å². The molecule has 0 aliphatic carbocycles. The molecule has 9 heteroatoms. The second kappa shape index (κ2) is 4.68. The fraction of sp³-hybridized carbons (Fsp3) is 0.273. The summed E-state index contributed by atoms with van der Waals surface area (Å²) in [5.74, 6) is -0.975. The lowest BCUT2D eigenvalue weighted by Gasteiger charge is -2.03. The molecule has 0 atom stereocenters. The molecule has 0 unspecified atom stereocenters. The predicted molar refractivity (Wildman–Crippen MR) is 69.3 cm³/mol. The van der Waals surface area contributed by atoms with E-state index in [-0.39, 0.29) is 16.9 Å². The normalized spacial score (nSPS) is 10.6. The standard InChI is InChI=1S/C11H14N6O3/c1-5-7(9(13)18)10(16(2)14-5)17-4-6(12)8(15-17)11(19)20-3/h4H,12H2,1-3H3,(H2,13,18). The van der Waals surface area contributed by atoms with Crippen molar-refractivity contribution in [1.29, 1.82) is 0 Å². The smallest absolute Gasteiger partial charge is 0.360 e. The van der Waals surface area contributed by atoms with Crippen molar-refractivity contribution < 1.29 is 14.3 Å². The maximum atomic E-state index is 11.5. The first kappa shape index (κ1) is 13.6. The number of nitrogen functional groups attached to an aromatic ring is 1. The van der Waals surface area contributed by atoms with Crippen molar-refractivity contribution in [2.45, 2.75) is 6.92 Å². The second-order valence-electron chi connectivity index (χ2n) is 4.14. The van der Waals surface area contributed by atoms with Crippen molar-refractivity contribution in [3.8, 4) is 5.82 Å². The number of ether oxygens (including phenoxy) is 1. The van der Waals surface area contributed by atoms with Gasteiger partial charge in [0.15, 0.2) is 11.5 Å². The van der Waals surface area contributed by atoms with Gasteiger partial charge in [-0.15, -0.1) is 0 Å². The van der Waals surface area contributed by atoms with Gasteiger partial charge in [0.1, 0.15) is 5.56 Å². The Labute approximate surface area is 114 Å². The van der Waals surface area contributed by atoms with Crippen LogP contribution in [0.1, 0.15) is 26.5 Å². The Hall–Kier alpha value is -2.84. The summed E-state index contributed by atoms with van der Waals surface area (Å²) < 4.78 is 7.28. The van der Waals surface area contributed by atoms with Crippen molar-refractivity contribution in [1.82, 2.24) is 19.6 Å². The number of methoxy groups -OCH3 is 1. The van der Waals surface area contributed by atoms with Gasteiger partial charge in [-0.05, 0) is 6.92 Å². The number of nitrogens with zero attached hydrogens (tertiary/aromatic N) is 4. The Balaban J connectivity index is 2.64. The largest absolute Gasteiger partial charge is 0.464 e. The SMILES string of the molecule is COC(=O)c1nn(-c2c(C(N)=O)c(C)nn2C)cc1N. The van der Waals surface area contributed by atoms with Gasteiger partial charge >= 0.3 is 5.97 Å². The number of esters is 1. The minimum absolute atomic E-state index is 0.0400. The summed E-state index contributed by atoms with van der Waals surface area (Å²) in [4.78, 5) is 23.0. The zero-order valence-corrected chi connectivity index (χ0v) is 11.2. The van der Waals surface area contributed by atoms with Gasteiger partial charge in [-0.2, -0.15) is 10.2 Å². The molecular formula is C11H14N6O3. The number of rotatable bonds is 3. The summed E-state index contributed by atoms with van der Waals surface area (Å²) in [6.45, 7) is 1.65. The Morgan fingerprint density at radius 1 is 1.35 bits per heavy atom. The molecule has 0 aliphatic rings. The summed E-state index contributed by atoms with van der Waals surface area (Å²) >= 11 is 0. The molecular weight excluding hydrogens is 264 g/mol. The first-order valence-corrected chi connectivity index (χ1v) is 5.64. The van der Waals surface area contributed by atoms with Crippen molar-refractivity contribution in [2.24, 2.45) is 12.8 Å². The number of nitrogens with two attached hydrogens (primary N) is 2. The third-order valence-electron chi connectivity index (χ3n) is 2.78. The molecule has 2 heterocycles. The quantitative estimate of drug-likeness (QED) is 0.719. The first-order valence-electron chi connectivity index (χ1n) is 5.64. The van der Waals surface area contributed by atoms with E-state index in [0.29, 0.717) is 11.5 Å². The van der Waals surface area contributed by atoms with Crippen LogP contribution in [0.4, 0.5) is 5.69 Å². The number of anilines is 1. The highest BCUT2D eigenvalue weighted by Gasteiger charge is 2.23. The molecule has 0 radical (unpaired) electrons. The second-order valence-corrected chi connectivity index (χ2v) is 4.14. The van der Waals surface area contributed by atoms with Crippen molar-refractivity contribution in [3.05, 3.63) is 23.1 Å². The van der Waals surface area contributed by atoms with Crippen LogP contribution < -0.4 is 11.5 Å². The Morgan fingerprint density at radius 3 is 2.55 bits per heavy atom. The van der Waals surface area contributed by atoms with Gasteiger partial charge in [0.05, 0.1) is 24.7 Å². The van der Waals surface area contributed by atoms with Crippen LogP contribution in [0.25, 0.3) is 5.82 Å².